The van der Waals surface area contributed by atoms with Crippen LogP contribution in [0.4, 0.5) is 17.6 Å². The van der Waals surface area contributed by atoms with Gasteiger partial charge in [-0.2, -0.15) is 13.2 Å². The number of nitrogens with zero attached hydrogens (tertiary/aromatic N) is 2. The highest BCUT2D eigenvalue weighted by Crippen LogP contribution is 2.48. The molecule has 4 aromatic rings. The molecule has 0 radical (unpaired) electrons. The van der Waals surface area contributed by atoms with E-state index in [0.717, 1.165) is 36.0 Å². The highest BCUT2D eigenvalue weighted by Gasteiger charge is 2.57. The Morgan fingerprint density at radius 1 is 1.19 bits per heavy atom. The molecule has 4 N–H and O–H groups in total. The zero-order valence-corrected chi connectivity index (χ0v) is 24.0. The molecule has 0 unspecified atom stereocenters. The molecule has 1 saturated carbocycles. The van der Waals surface area contributed by atoms with Gasteiger partial charge in [0.15, 0.2) is 0 Å². The monoisotopic (exact) mass is 634 g/mol. The molecule has 224 valence electrons. The number of carbonyl (C=O) groups is 2. The van der Waals surface area contributed by atoms with Crippen molar-refractivity contribution in [1.82, 2.24) is 15.3 Å². The first kappa shape index (κ1) is 29.3. The lowest BCUT2D eigenvalue weighted by Crippen LogP contribution is -2.51. The van der Waals surface area contributed by atoms with Gasteiger partial charge in [-0.15, -0.1) is 11.3 Å². The van der Waals surface area contributed by atoms with Crippen LogP contribution in [0.3, 0.4) is 0 Å². The van der Waals surface area contributed by atoms with Crippen molar-refractivity contribution in [3.63, 3.8) is 0 Å². The summed E-state index contributed by atoms with van der Waals surface area (Å²) >= 11 is 7.35. The Balaban J connectivity index is 1.39. The SMILES string of the molecule is C[C@]1(C(N)=O)COc2c1cc([C@@](O)(CNC(=O)c1ccc3nc(C4CC4)sc3c1)C(F)(F)F)nc2-c1ccc(F)c(Cl)c1. The molecule has 1 fully saturated rings. The van der Waals surface area contributed by atoms with Gasteiger partial charge in [-0.25, -0.2) is 14.4 Å². The quantitative estimate of drug-likeness (QED) is 0.236. The fraction of sp³-hybridized carbons (Fsp3) is 0.310. The second-order valence-corrected chi connectivity index (χ2v) is 12.4. The van der Waals surface area contributed by atoms with Gasteiger partial charge < -0.3 is 20.9 Å². The largest absolute Gasteiger partial charge is 0.489 e. The highest BCUT2D eigenvalue weighted by molar-refractivity contribution is 7.18. The zero-order valence-electron chi connectivity index (χ0n) is 22.4. The first-order valence-electron chi connectivity index (χ1n) is 13.1. The van der Waals surface area contributed by atoms with E-state index in [1.807, 2.05) is 0 Å². The van der Waals surface area contributed by atoms with Gasteiger partial charge in [0, 0.05) is 22.6 Å². The van der Waals surface area contributed by atoms with E-state index in [-0.39, 0.29) is 39.8 Å². The van der Waals surface area contributed by atoms with E-state index >= 15 is 0 Å². The summed E-state index contributed by atoms with van der Waals surface area (Å²) in [7, 11) is 0. The van der Waals surface area contributed by atoms with E-state index in [9.17, 15) is 32.3 Å². The maximum absolute atomic E-state index is 14.6. The molecule has 0 saturated heterocycles. The number of halogens is 5. The minimum atomic E-state index is -5.34. The van der Waals surface area contributed by atoms with Crippen molar-refractivity contribution in [2.45, 2.75) is 42.9 Å². The molecule has 2 atom stereocenters. The third-order valence-electron chi connectivity index (χ3n) is 7.80. The number of primary amides is 1. The van der Waals surface area contributed by atoms with Crippen molar-refractivity contribution in [2.24, 2.45) is 5.73 Å². The lowest BCUT2D eigenvalue weighted by atomic mass is 9.81. The third-order valence-corrected chi connectivity index (χ3v) is 9.27. The predicted molar refractivity (Wildman–Crippen MR) is 151 cm³/mol. The number of nitrogens with one attached hydrogen (secondary N) is 1. The predicted octanol–water partition coefficient (Wildman–Crippen LogP) is 5.34. The average molecular weight is 635 g/mol. The van der Waals surface area contributed by atoms with Crippen molar-refractivity contribution < 1.29 is 37.0 Å². The summed E-state index contributed by atoms with van der Waals surface area (Å²) in [6, 6.07) is 8.84. The lowest BCUT2D eigenvalue weighted by molar-refractivity contribution is -0.265. The smallest absolute Gasteiger partial charge is 0.424 e. The molecule has 1 aliphatic heterocycles. The standard InChI is InChI=1S/C29H23ClF4N4O4S/c1-27(26(35)40)12-42-23-16(27)10-21(38-22(23)14-4-6-18(31)17(30)8-14)28(41,29(32,33)34)11-36-24(39)15-5-7-19-20(9-15)43-25(37-19)13-2-3-13/h4-10,13,41H,2-3,11-12H2,1H3,(H2,35,40)(H,36,39)/t27-,28-/m0/s1. The number of aromatic nitrogens is 2. The zero-order chi connectivity index (χ0) is 30.9. The minimum absolute atomic E-state index is 0.0587. The van der Waals surface area contributed by atoms with E-state index in [1.165, 1.54) is 30.4 Å². The summed E-state index contributed by atoms with van der Waals surface area (Å²) in [5, 5.41) is 14.0. The Labute approximate surface area is 250 Å². The van der Waals surface area contributed by atoms with Crippen LogP contribution in [-0.4, -0.2) is 46.2 Å². The molecule has 2 aliphatic rings. The lowest BCUT2D eigenvalue weighted by Gasteiger charge is -2.31. The molecule has 0 spiro atoms. The molecule has 2 aromatic carbocycles. The van der Waals surface area contributed by atoms with Crippen molar-refractivity contribution in [1.29, 1.82) is 0 Å². The van der Waals surface area contributed by atoms with Crippen LogP contribution in [0.15, 0.2) is 42.5 Å². The molecule has 0 bridgehead atoms. The number of ether oxygens (including phenoxy) is 1. The fourth-order valence-corrected chi connectivity index (χ4v) is 6.23. The highest BCUT2D eigenvalue weighted by atomic mass is 35.5. The number of carbonyl (C=O) groups excluding carboxylic acids is 2. The van der Waals surface area contributed by atoms with Gasteiger partial charge in [-0.1, -0.05) is 11.6 Å². The molecule has 14 heteroatoms. The van der Waals surface area contributed by atoms with E-state index in [1.54, 1.807) is 12.1 Å². The van der Waals surface area contributed by atoms with Crippen LogP contribution in [0.25, 0.3) is 21.5 Å². The van der Waals surface area contributed by atoms with Gasteiger partial charge in [0.25, 0.3) is 5.91 Å². The van der Waals surface area contributed by atoms with Gasteiger partial charge >= 0.3 is 6.18 Å². The van der Waals surface area contributed by atoms with Crippen molar-refractivity contribution >= 4 is 45.0 Å². The summed E-state index contributed by atoms with van der Waals surface area (Å²) in [5.41, 5.74) is -0.0837. The van der Waals surface area contributed by atoms with Gasteiger partial charge in [-0.05, 0) is 62.2 Å². The number of rotatable bonds is 7. The van der Waals surface area contributed by atoms with E-state index in [0.29, 0.717) is 16.1 Å². The van der Waals surface area contributed by atoms with Crippen LogP contribution in [-0.2, 0) is 15.8 Å². The molecular formula is C29H23ClF4N4O4S. The van der Waals surface area contributed by atoms with E-state index in [4.69, 9.17) is 22.1 Å². The summed E-state index contributed by atoms with van der Waals surface area (Å²) < 4.78 is 64.2. The molecule has 6 rings (SSSR count). The Hall–Kier alpha value is -3.81. The van der Waals surface area contributed by atoms with Gasteiger partial charge in [0.2, 0.25) is 11.5 Å². The molecule has 2 aromatic heterocycles. The third kappa shape index (κ3) is 4.98. The molecule has 43 heavy (non-hydrogen) atoms. The number of thiazole rings is 1. The van der Waals surface area contributed by atoms with E-state index in [2.05, 4.69) is 15.3 Å². The number of hydrogen-bond donors (Lipinski definition) is 3. The number of alkyl halides is 3. The minimum Gasteiger partial charge on any atom is -0.489 e. The first-order chi connectivity index (χ1) is 20.2. The van der Waals surface area contributed by atoms with E-state index < -0.39 is 47.1 Å². The van der Waals surface area contributed by atoms with Crippen LogP contribution in [0.2, 0.25) is 5.02 Å². The van der Waals surface area contributed by atoms with Crippen molar-refractivity contribution in [3.05, 3.63) is 75.1 Å². The van der Waals surface area contributed by atoms with Crippen LogP contribution in [0.1, 0.15) is 52.3 Å². The number of amides is 2. The summed E-state index contributed by atoms with van der Waals surface area (Å²) in [6.07, 6.45) is -3.26. The topological polar surface area (TPSA) is 127 Å². The van der Waals surface area contributed by atoms with Crippen LogP contribution in [0.5, 0.6) is 5.75 Å². The van der Waals surface area contributed by atoms with Gasteiger partial charge in [0.05, 0.1) is 32.5 Å². The van der Waals surface area contributed by atoms with Crippen LogP contribution >= 0.6 is 22.9 Å². The maximum Gasteiger partial charge on any atom is 0.424 e. The van der Waals surface area contributed by atoms with Crippen molar-refractivity contribution in [2.75, 3.05) is 13.2 Å². The second kappa shape index (κ2) is 10.1. The average Bonchev–Trinajstić information content (AvgIpc) is 3.63. The number of hydrogen-bond acceptors (Lipinski definition) is 7. The fourth-order valence-electron chi connectivity index (χ4n) is 4.87. The molecular weight excluding hydrogens is 612 g/mol. The number of aliphatic hydroxyl groups is 1. The number of pyridine rings is 1. The number of nitrogens with two attached hydrogens (primary N) is 1. The summed E-state index contributed by atoms with van der Waals surface area (Å²) in [6.45, 7) is -0.244. The molecule has 2 amide bonds. The molecule has 8 nitrogen and oxygen atoms in total. The summed E-state index contributed by atoms with van der Waals surface area (Å²) in [5.74, 6) is -2.20. The first-order valence-corrected chi connectivity index (χ1v) is 14.3. The Kier molecular flexibility index (Phi) is 6.90. The van der Waals surface area contributed by atoms with Crippen LogP contribution < -0.4 is 15.8 Å². The van der Waals surface area contributed by atoms with Crippen molar-refractivity contribution in [3.8, 4) is 17.0 Å². The normalized spacial score (nSPS) is 19.5. The van der Waals surface area contributed by atoms with Crippen LogP contribution in [0, 0.1) is 5.82 Å². The summed E-state index contributed by atoms with van der Waals surface area (Å²) in [4.78, 5) is 34.1. The molecule has 1 aliphatic carbocycles. The Morgan fingerprint density at radius 2 is 1.93 bits per heavy atom. The Bertz CT molecular complexity index is 1810. The second-order valence-electron chi connectivity index (χ2n) is 10.9. The van der Waals surface area contributed by atoms with Gasteiger partial charge in [0.1, 0.15) is 29.3 Å². The maximum atomic E-state index is 14.6. The number of fused-ring (bicyclic) bond motifs is 2. The molecule has 3 heterocycles. The number of benzene rings is 2. The van der Waals surface area contributed by atoms with Gasteiger partial charge in [-0.3, -0.25) is 9.59 Å². The Morgan fingerprint density at radius 3 is 2.58 bits per heavy atom.